The molecule has 2 atom stereocenters. The fraction of sp³-hybridized carbons (Fsp3) is 0.292. The standard InChI is InChI=1S/C24H24N4O2/c1-14-8-10-15(11-9-14)21-20-17(12-24(2,3)13-18(20)29)25-22(27-21)28-23-26-16-6-4-5-7-19(16)30-23/h4-12,20-21H,13H2,1-3H3,(H2,25,26,27,28)/t20-,21-/m0/s1. The van der Waals surface area contributed by atoms with Gasteiger partial charge in [-0.3, -0.25) is 10.1 Å². The van der Waals surface area contributed by atoms with Crippen LogP contribution >= 0.6 is 0 Å². The monoisotopic (exact) mass is 400 g/mol. The second kappa shape index (κ2) is 6.83. The maximum atomic E-state index is 13.1. The zero-order chi connectivity index (χ0) is 20.9. The van der Waals surface area contributed by atoms with Crippen molar-refractivity contribution in [3.63, 3.8) is 0 Å². The topological polar surface area (TPSA) is 79.5 Å². The van der Waals surface area contributed by atoms with Crippen molar-refractivity contribution < 1.29 is 9.21 Å². The highest BCUT2D eigenvalue weighted by molar-refractivity contribution is 5.98. The molecule has 3 aromatic rings. The van der Waals surface area contributed by atoms with E-state index >= 15 is 0 Å². The number of nitrogens with one attached hydrogen (secondary N) is 2. The van der Waals surface area contributed by atoms with Gasteiger partial charge in [-0.05, 0) is 30.0 Å². The summed E-state index contributed by atoms with van der Waals surface area (Å²) in [4.78, 5) is 22.4. The molecular formula is C24H24N4O2. The summed E-state index contributed by atoms with van der Waals surface area (Å²) in [7, 11) is 0. The van der Waals surface area contributed by atoms with E-state index in [2.05, 4.69) is 66.7 Å². The van der Waals surface area contributed by atoms with E-state index in [0.717, 1.165) is 16.8 Å². The van der Waals surface area contributed by atoms with Crippen molar-refractivity contribution in [2.24, 2.45) is 16.3 Å². The number of hydrogen-bond acceptors (Lipinski definition) is 6. The molecule has 0 spiro atoms. The van der Waals surface area contributed by atoms with Gasteiger partial charge in [0.05, 0.1) is 12.0 Å². The minimum Gasteiger partial charge on any atom is -0.423 e. The van der Waals surface area contributed by atoms with E-state index in [1.54, 1.807) is 0 Å². The third-order valence-electron chi connectivity index (χ3n) is 5.64. The molecule has 0 radical (unpaired) electrons. The molecule has 152 valence electrons. The van der Waals surface area contributed by atoms with Gasteiger partial charge < -0.3 is 9.73 Å². The Balaban J connectivity index is 1.55. The number of nitrogens with zero attached hydrogens (tertiary/aromatic N) is 2. The Kier molecular flexibility index (Phi) is 4.24. The molecule has 1 aliphatic carbocycles. The zero-order valence-electron chi connectivity index (χ0n) is 17.3. The first kappa shape index (κ1) is 18.6. The molecule has 2 N–H and O–H groups in total. The molecule has 2 aromatic carbocycles. The Labute approximate surface area is 175 Å². The molecule has 2 heterocycles. The number of carbonyl (C=O) groups excluding carboxylic acids is 1. The van der Waals surface area contributed by atoms with Crippen LogP contribution in [0.3, 0.4) is 0 Å². The van der Waals surface area contributed by atoms with Crippen LogP contribution in [0.4, 0.5) is 6.01 Å². The van der Waals surface area contributed by atoms with Gasteiger partial charge in [0.25, 0.3) is 0 Å². The summed E-state index contributed by atoms with van der Waals surface area (Å²) in [5.41, 5.74) is 4.36. The van der Waals surface area contributed by atoms with Crippen LogP contribution in [0.2, 0.25) is 0 Å². The largest absolute Gasteiger partial charge is 0.423 e. The molecule has 1 aliphatic heterocycles. The molecule has 0 bridgehead atoms. The predicted octanol–water partition coefficient (Wildman–Crippen LogP) is 4.75. The lowest BCUT2D eigenvalue weighted by molar-refractivity contribution is -0.124. The van der Waals surface area contributed by atoms with Crippen LogP contribution in [0.5, 0.6) is 0 Å². The lowest BCUT2D eigenvalue weighted by Crippen LogP contribution is -2.45. The molecule has 30 heavy (non-hydrogen) atoms. The Hall–Kier alpha value is -3.41. The fourth-order valence-electron chi connectivity index (χ4n) is 4.26. The summed E-state index contributed by atoms with van der Waals surface area (Å²) < 4.78 is 5.80. The van der Waals surface area contributed by atoms with Crippen LogP contribution in [0.15, 0.2) is 69.7 Å². The average molecular weight is 400 g/mol. The third-order valence-corrected chi connectivity index (χ3v) is 5.64. The van der Waals surface area contributed by atoms with Gasteiger partial charge in [0, 0.05) is 12.1 Å². The first-order chi connectivity index (χ1) is 14.4. The average Bonchev–Trinajstić information content (AvgIpc) is 3.09. The number of oxazole rings is 1. The lowest BCUT2D eigenvalue weighted by atomic mass is 9.72. The number of rotatable bonds is 2. The summed E-state index contributed by atoms with van der Waals surface area (Å²) in [6.07, 6.45) is 2.66. The summed E-state index contributed by atoms with van der Waals surface area (Å²) in [5, 5.41) is 6.49. The number of fused-ring (bicyclic) bond motifs is 2. The van der Waals surface area contributed by atoms with Gasteiger partial charge >= 0.3 is 6.01 Å². The molecule has 6 nitrogen and oxygen atoms in total. The molecule has 0 saturated carbocycles. The number of anilines is 1. The number of guanidine groups is 1. The van der Waals surface area contributed by atoms with Crippen LogP contribution in [0.1, 0.15) is 37.4 Å². The van der Waals surface area contributed by atoms with E-state index in [0.29, 0.717) is 24.0 Å². The summed E-state index contributed by atoms with van der Waals surface area (Å²) in [6.45, 7) is 6.21. The highest BCUT2D eigenvalue weighted by Gasteiger charge is 2.42. The summed E-state index contributed by atoms with van der Waals surface area (Å²) in [6, 6.07) is 15.9. The third kappa shape index (κ3) is 3.38. The highest BCUT2D eigenvalue weighted by Crippen LogP contribution is 2.42. The summed E-state index contributed by atoms with van der Waals surface area (Å²) >= 11 is 0. The van der Waals surface area contributed by atoms with Crippen LogP contribution in [0, 0.1) is 18.3 Å². The van der Waals surface area contributed by atoms with Crippen molar-refractivity contribution in [1.82, 2.24) is 10.3 Å². The van der Waals surface area contributed by atoms with Crippen molar-refractivity contribution in [3.05, 3.63) is 71.4 Å². The number of carbonyl (C=O) groups is 1. The number of para-hydroxylation sites is 2. The van der Waals surface area contributed by atoms with E-state index in [1.165, 1.54) is 5.56 Å². The van der Waals surface area contributed by atoms with Crippen LogP contribution in [0.25, 0.3) is 11.1 Å². The smallest absolute Gasteiger partial charge is 0.302 e. The molecule has 0 fully saturated rings. The van der Waals surface area contributed by atoms with Crippen molar-refractivity contribution in [2.45, 2.75) is 33.2 Å². The van der Waals surface area contributed by atoms with Crippen molar-refractivity contribution in [2.75, 3.05) is 5.32 Å². The second-order valence-electron chi connectivity index (χ2n) is 8.78. The van der Waals surface area contributed by atoms with Gasteiger partial charge in [-0.15, -0.1) is 0 Å². The quantitative estimate of drug-likeness (QED) is 0.649. The maximum Gasteiger partial charge on any atom is 0.302 e. The first-order valence-corrected chi connectivity index (χ1v) is 10.2. The molecule has 5 rings (SSSR count). The number of Topliss-reactive ketones (excluding diaryl/α,β-unsaturated/α-hetero) is 1. The van der Waals surface area contributed by atoms with E-state index in [1.807, 2.05) is 24.3 Å². The van der Waals surface area contributed by atoms with Gasteiger partial charge in [0.1, 0.15) is 11.3 Å². The molecular weight excluding hydrogens is 376 g/mol. The molecule has 6 heteroatoms. The van der Waals surface area contributed by atoms with Crippen LogP contribution < -0.4 is 10.6 Å². The maximum absolute atomic E-state index is 13.1. The number of aryl methyl sites for hydroxylation is 1. The molecule has 2 aliphatic rings. The fourth-order valence-corrected chi connectivity index (χ4v) is 4.26. The number of ketones is 1. The Morgan fingerprint density at radius 1 is 1.13 bits per heavy atom. The molecule has 0 amide bonds. The number of benzene rings is 2. The minimum atomic E-state index is -0.310. The highest BCUT2D eigenvalue weighted by atomic mass is 16.4. The Bertz CT molecular complexity index is 1150. The molecule has 1 aromatic heterocycles. The van der Waals surface area contributed by atoms with E-state index in [-0.39, 0.29) is 23.2 Å². The Morgan fingerprint density at radius 2 is 1.90 bits per heavy atom. The Morgan fingerprint density at radius 3 is 2.67 bits per heavy atom. The summed E-state index contributed by atoms with van der Waals surface area (Å²) in [5.74, 6) is 0.426. The zero-order valence-corrected chi connectivity index (χ0v) is 17.3. The second-order valence-corrected chi connectivity index (χ2v) is 8.78. The normalized spacial score (nSPS) is 22.7. The van der Waals surface area contributed by atoms with Gasteiger partial charge in [-0.1, -0.05) is 61.9 Å². The van der Waals surface area contributed by atoms with E-state index in [4.69, 9.17) is 9.41 Å². The van der Waals surface area contributed by atoms with Crippen molar-refractivity contribution >= 4 is 28.9 Å². The molecule has 0 unspecified atom stereocenters. The van der Waals surface area contributed by atoms with Gasteiger partial charge in [-0.2, -0.15) is 4.98 Å². The van der Waals surface area contributed by atoms with Crippen LogP contribution in [-0.4, -0.2) is 16.7 Å². The number of allylic oxidation sites excluding steroid dienone is 1. The number of aliphatic imine (C=N–C) groups is 1. The van der Waals surface area contributed by atoms with Gasteiger partial charge in [0.15, 0.2) is 5.58 Å². The lowest BCUT2D eigenvalue weighted by Gasteiger charge is -2.38. The van der Waals surface area contributed by atoms with Crippen molar-refractivity contribution in [3.8, 4) is 0 Å². The number of aromatic nitrogens is 1. The van der Waals surface area contributed by atoms with Crippen LogP contribution in [-0.2, 0) is 4.79 Å². The van der Waals surface area contributed by atoms with E-state index < -0.39 is 0 Å². The van der Waals surface area contributed by atoms with Gasteiger partial charge in [0.2, 0.25) is 5.96 Å². The first-order valence-electron chi connectivity index (χ1n) is 10.2. The van der Waals surface area contributed by atoms with E-state index in [9.17, 15) is 4.79 Å². The number of hydrogen-bond donors (Lipinski definition) is 2. The van der Waals surface area contributed by atoms with Crippen molar-refractivity contribution in [1.29, 1.82) is 0 Å². The predicted molar refractivity (Wildman–Crippen MR) is 117 cm³/mol. The van der Waals surface area contributed by atoms with Gasteiger partial charge in [-0.25, -0.2) is 4.99 Å². The molecule has 0 saturated heterocycles. The minimum absolute atomic E-state index is 0.201. The SMILES string of the molecule is Cc1ccc([C@@H]2N=C(Nc3nc4ccccc4o3)NC3=CC(C)(C)CC(=O)[C@H]32)cc1.